The van der Waals surface area contributed by atoms with E-state index in [-0.39, 0.29) is 0 Å². The van der Waals surface area contributed by atoms with Crippen LogP contribution in [0.5, 0.6) is 0 Å². The van der Waals surface area contributed by atoms with Crippen LogP contribution in [-0.2, 0) is 0 Å². The predicted octanol–water partition coefficient (Wildman–Crippen LogP) is 7.02. The SMILES string of the molecule is CC1=CC=C(n2c(-c3ccc(C)cc3)ccc2-c2ccc(C)cc2)CC1. The Morgan fingerprint density at radius 1 is 0.577 bits per heavy atom. The maximum absolute atomic E-state index is 2.44. The molecule has 1 nitrogen and oxygen atoms in total. The summed E-state index contributed by atoms with van der Waals surface area (Å²) in [6.07, 6.45) is 6.75. The normalized spacial score (nSPS) is 14.1. The molecule has 0 aliphatic heterocycles. The van der Waals surface area contributed by atoms with Gasteiger partial charge in [-0.05, 0) is 62.9 Å². The van der Waals surface area contributed by atoms with Gasteiger partial charge in [-0.2, -0.15) is 0 Å². The second-order valence-corrected chi connectivity index (χ2v) is 7.34. The Hall–Kier alpha value is -2.80. The van der Waals surface area contributed by atoms with E-state index in [2.05, 4.69) is 98.2 Å². The maximum atomic E-state index is 2.44. The molecule has 0 fully saturated rings. The number of hydrogen-bond donors (Lipinski definition) is 0. The summed E-state index contributed by atoms with van der Waals surface area (Å²) < 4.78 is 2.44. The van der Waals surface area contributed by atoms with Crippen LogP contribution in [0, 0.1) is 13.8 Å². The molecule has 0 atom stereocenters. The zero-order chi connectivity index (χ0) is 18.1. The van der Waals surface area contributed by atoms with Crippen molar-refractivity contribution in [2.75, 3.05) is 0 Å². The van der Waals surface area contributed by atoms with Gasteiger partial charge < -0.3 is 4.57 Å². The number of allylic oxidation sites excluding steroid dienone is 4. The molecule has 0 saturated heterocycles. The topological polar surface area (TPSA) is 4.93 Å². The molecule has 1 aliphatic rings. The monoisotopic (exact) mass is 339 g/mol. The molecular formula is C25H25N. The molecule has 0 amide bonds. The van der Waals surface area contributed by atoms with E-state index in [1.807, 2.05) is 0 Å². The number of aryl methyl sites for hydroxylation is 2. The Morgan fingerprint density at radius 2 is 1.08 bits per heavy atom. The zero-order valence-electron chi connectivity index (χ0n) is 15.8. The van der Waals surface area contributed by atoms with Crippen molar-refractivity contribution in [3.8, 4) is 22.5 Å². The van der Waals surface area contributed by atoms with Crippen LogP contribution in [0.15, 0.2) is 78.4 Å². The molecule has 0 bridgehead atoms. The number of rotatable bonds is 3. The fourth-order valence-electron chi connectivity index (χ4n) is 3.56. The average Bonchev–Trinajstić information content (AvgIpc) is 3.08. The molecule has 0 N–H and O–H groups in total. The average molecular weight is 339 g/mol. The Kier molecular flexibility index (Phi) is 4.38. The van der Waals surface area contributed by atoms with Gasteiger partial charge in [0, 0.05) is 5.70 Å². The van der Waals surface area contributed by atoms with E-state index < -0.39 is 0 Å². The molecular weight excluding hydrogens is 314 g/mol. The minimum absolute atomic E-state index is 1.08. The van der Waals surface area contributed by atoms with Gasteiger partial charge >= 0.3 is 0 Å². The molecule has 0 saturated carbocycles. The largest absolute Gasteiger partial charge is 0.313 e. The molecule has 4 rings (SSSR count). The van der Waals surface area contributed by atoms with Crippen LogP contribution in [-0.4, -0.2) is 4.57 Å². The Balaban J connectivity index is 1.90. The van der Waals surface area contributed by atoms with Gasteiger partial charge in [-0.25, -0.2) is 0 Å². The van der Waals surface area contributed by atoms with Gasteiger partial charge in [-0.15, -0.1) is 0 Å². The molecule has 1 aromatic heterocycles. The molecule has 1 heteroatoms. The maximum Gasteiger partial charge on any atom is 0.0531 e. The van der Waals surface area contributed by atoms with Crippen LogP contribution in [0.1, 0.15) is 30.9 Å². The summed E-state index contributed by atoms with van der Waals surface area (Å²) in [5.74, 6) is 0. The number of nitrogens with zero attached hydrogens (tertiary/aromatic N) is 1. The second kappa shape index (κ2) is 6.84. The van der Waals surface area contributed by atoms with E-state index in [0.29, 0.717) is 0 Å². The molecule has 0 spiro atoms. The summed E-state index contributed by atoms with van der Waals surface area (Å²) in [5.41, 5.74) is 10.5. The van der Waals surface area contributed by atoms with Crippen molar-refractivity contribution in [3.63, 3.8) is 0 Å². The van der Waals surface area contributed by atoms with Crippen molar-refractivity contribution < 1.29 is 0 Å². The van der Waals surface area contributed by atoms with Crippen LogP contribution in [0.4, 0.5) is 0 Å². The lowest BCUT2D eigenvalue weighted by molar-refractivity contribution is 0.911. The first-order valence-electron chi connectivity index (χ1n) is 9.34. The third-order valence-corrected chi connectivity index (χ3v) is 5.20. The van der Waals surface area contributed by atoms with Gasteiger partial charge in [0.2, 0.25) is 0 Å². The molecule has 0 radical (unpaired) electrons. The van der Waals surface area contributed by atoms with Gasteiger partial charge in [-0.1, -0.05) is 71.3 Å². The zero-order valence-corrected chi connectivity index (χ0v) is 15.8. The molecule has 130 valence electrons. The lowest BCUT2D eigenvalue weighted by Gasteiger charge is -2.20. The molecule has 0 unspecified atom stereocenters. The summed E-state index contributed by atoms with van der Waals surface area (Å²) in [5, 5.41) is 0. The molecule has 3 aromatic rings. The highest BCUT2D eigenvalue weighted by atomic mass is 15.0. The number of hydrogen-bond acceptors (Lipinski definition) is 0. The molecule has 1 aliphatic carbocycles. The van der Waals surface area contributed by atoms with Crippen molar-refractivity contribution in [1.82, 2.24) is 4.57 Å². The van der Waals surface area contributed by atoms with Gasteiger partial charge in [-0.3, -0.25) is 0 Å². The van der Waals surface area contributed by atoms with E-state index in [1.54, 1.807) is 0 Å². The Bertz CT molecular complexity index is 917. The highest BCUT2D eigenvalue weighted by Crippen LogP contribution is 2.35. The lowest BCUT2D eigenvalue weighted by atomic mass is 10.0. The highest BCUT2D eigenvalue weighted by molar-refractivity contribution is 5.76. The second-order valence-electron chi connectivity index (χ2n) is 7.34. The van der Waals surface area contributed by atoms with Crippen molar-refractivity contribution in [2.45, 2.75) is 33.6 Å². The first-order chi connectivity index (χ1) is 12.6. The van der Waals surface area contributed by atoms with E-state index in [0.717, 1.165) is 12.8 Å². The third-order valence-electron chi connectivity index (χ3n) is 5.20. The summed E-state index contributed by atoms with van der Waals surface area (Å²) in [6.45, 7) is 6.49. The molecule has 26 heavy (non-hydrogen) atoms. The minimum atomic E-state index is 1.08. The summed E-state index contributed by atoms with van der Waals surface area (Å²) >= 11 is 0. The van der Waals surface area contributed by atoms with Crippen LogP contribution in [0.25, 0.3) is 28.2 Å². The summed E-state index contributed by atoms with van der Waals surface area (Å²) in [6, 6.07) is 22.2. The van der Waals surface area contributed by atoms with Crippen LogP contribution < -0.4 is 0 Å². The quantitative estimate of drug-likeness (QED) is 0.483. The van der Waals surface area contributed by atoms with E-state index >= 15 is 0 Å². The van der Waals surface area contributed by atoms with Gasteiger partial charge in [0.15, 0.2) is 0 Å². The Labute approximate surface area is 156 Å². The van der Waals surface area contributed by atoms with Crippen LogP contribution >= 0.6 is 0 Å². The van der Waals surface area contributed by atoms with Crippen molar-refractivity contribution in [1.29, 1.82) is 0 Å². The van der Waals surface area contributed by atoms with Crippen LogP contribution in [0.3, 0.4) is 0 Å². The van der Waals surface area contributed by atoms with Crippen LogP contribution in [0.2, 0.25) is 0 Å². The fraction of sp³-hybridized carbons (Fsp3) is 0.200. The van der Waals surface area contributed by atoms with Crippen molar-refractivity contribution in [3.05, 3.63) is 89.5 Å². The van der Waals surface area contributed by atoms with Gasteiger partial charge in [0.05, 0.1) is 11.4 Å². The summed E-state index contributed by atoms with van der Waals surface area (Å²) in [7, 11) is 0. The third kappa shape index (κ3) is 3.17. The number of aromatic nitrogens is 1. The fourth-order valence-corrected chi connectivity index (χ4v) is 3.56. The van der Waals surface area contributed by atoms with Gasteiger partial charge in [0.1, 0.15) is 0 Å². The lowest BCUT2D eigenvalue weighted by Crippen LogP contribution is -2.04. The predicted molar refractivity (Wildman–Crippen MR) is 112 cm³/mol. The minimum Gasteiger partial charge on any atom is -0.313 e. The highest BCUT2D eigenvalue weighted by Gasteiger charge is 2.16. The first kappa shape index (κ1) is 16.7. The molecule has 2 aromatic carbocycles. The summed E-state index contributed by atoms with van der Waals surface area (Å²) in [4.78, 5) is 0. The van der Waals surface area contributed by atoms with E-state index in [9.17, 15) is 0 Å². The van der Waals surface area contributed by atoms with E-state index in [1.165, 1.54) is 44.9 Å². The van der Waals surface area contributed by atoms with Crippen molar-refractivity contribution in [2.24, 2.45) is 0 Å². The van der Waals surface area contributed by atoms with Crippen molar-refractivity contribution >= 4 is 5.70 Å². The Morgan fingerprint density at radius 3 is 1.50 bits per heavy atom. The van der Waals surface area contributed by atoms with E-state index in [4.69, 9.17) is 0 Å². The van der Waals surface area contributed by atoms with Gasteiger partial charge in [0.25, 0.3) is 0 Å². The standard InChI is InChI=1S/C25H25N/c1-18-4-10-21(11-5-18)24-16-17-25(22-12-6-19(2)7-13-22)26(24)23-14-8-20(3)9-15-23/h4-8,10-14,16-17H,9,15H2,1-3H3. The first-order valence-corrected chi connectivity index (χ1v) is 9.34. The smallest absolute Gasteiger partial charge is 0.0531 e. The number of benzene rings is 2. The molecule has 1 heterocycles.